The third-order valence-corrected chi connectivity index (χ3v) is 5.06. The van der Waals surface area contributed by atoms with Gasteiger partial charge in [0.2, 0.25) is 5.91 Å². The highest BCUT2D eigenvalue weighted by atomic mass is 16.5. The number of rotatable bonds is 6. The number of likely N-dealkylation sites (tertiary alicyclic amines) is 1. The summed E-state index contributed by atoms with van der Waals surface area (Å²) in [6.45, 7) is 3.92. The molecule has 0 aliphatic carbocycles. The number of benzene rings is 2. The molecule has 2 aromatic rings. The standard InChI is InChI=1S/C22H27N3O3/c1-16-5-3-4-6-20(16)24-21(26)15-25-13-11-18(12-14-25)23-22(27)17-7-9-19(28-2)10-8-17/h3-10,18H,11-15H2,1-2H3,(H,23,27)(H,24,26). The van der Waals surface area contributed by atoms with Gasteiger partial charge in [0.1, 0.15) is 5.75 Å². The minimum Gasteiger partial charge on any atom is -0.497 e. The van der Waals surface area contributed by atoms with E-state index in [0.717, 1.165) is 42.9 Å². The van der Waals surface area contributed by atoms with Gasteiger partial charge in [-0.25, -0.2) is 0 Å². The van der Waals surface area contributed by atoms with Crippen LogP contribution in [0, 0.1) is 6.92 Å². The van der Waals surface area contributed by atoms with Crippen LogP contribution in [-0.2, 0) is 4.79 Å². The van der Waals surface area contributed by atoms with Gasteiger partial charge in [0, 0.05) is 30.4 Å². The van der Waals surface area contributed by atoms with E-state index < -0.39 is 0 Å². The number of hydrogen-bond donors (Lipinski definition) is 2. The molecular weight excluding hydrogens is 354 g/mol. The van der Waals surface area contributed by atoms with E-state index in [9.17, 15) is 9.59 Å². The highest BCUT2D eigenvalue weighted by Crippen LogP contribution is 2.15. The zero-order chi connectivity index (χ0) is 19.9. The highest BCUT2D eigenvalue weighted by molar-refractivity contribution is 5.94. The minimum absolute atomic E-state index is 0.00461. The lowest BCUT2D eigenvalue weighted by molar-refractivity contribution is -0.117. The van der Waals surface area contributed by atoms with Gasteiger partial charge in [-0.1, -0.05) is 18.2 Å². The quantitative estimate of drug-likeness (QED) is 0.807. The zero-order valence-electron chi connectivity index (χ0n) is 16.4. The number of anilines is 1. The van der Waals surface area contributed by atoms with Crippen molar-refractivity contribution in [2.24, 2.45) is 0 Å². The predicted octanol–water partition coefficient (Wildman–Crippen LogP) is 2.84. The fraction of sp³-hybridized carbons (Fsp3) is 0.364. The van der Waals surface area contributed by atoms with Gasteiger partial charge in [0.25, 0.3) is 5.91 Å². The molecule has 3 rings (SSSR count). The van der Waals surface area contributed by atoms with Gasteiger partial charge in [-0.05, 0) is 55.7 Å². The Balaban J connectivity index is 1.43. The summed E-state index contributed by atoms with van der Waals surface area (Å²) in [6, 6.07) is 15.0. The van der Waals surface area contributed by atoms with Gasteiger partial charge in [-0.3, -0.25) is 14.5 Å². The van der Waals surface area contributed by atoms with Crippen molar-refractivity contribution in [3.05, 3.63) is 59.7 Å². The van der Waals surface area contributed by atoms with Gasteiger partial charge in [0.05, 0.1) is 13.7 Å². The van der Waals surface area contributed by atoms with Crippen molar-refractivity contribution in [1.29, 1.82) is 0 Å². The lowest BCUT2D eigenvalue weighted by Gasteiger charge is -2.31. The van der Waals surface area contributed by atoms with Crippen LogP contribution >= 0.6 is 0 Å². The number of carbonyl (C=O) groups excluding carboxylic acids is 2. The number of amides is 2. The molecule has 2 N–H and O–H groups in total. The molecule has 0 spiro atoms. The lowest BCUT2D eigenvalue weighted by Crippen LogP contribution is -2.46. The van der Waals surface area contributed by atoms with Gasteiger partial charge in [-0.15, -0.1) is 0 Å². The van der Waals surface area contributed by atoms with Crippen LogP contribution in [0.5, 0.6) is 5.75 Å². The molecule has 148 valence electrons. The number of methoxy groups -OCH3 is 1. The second-order valence-corrected chi connectivity index (χ2v) is 7.12. The molecule has 0 unspecified atom stereocenters. The topological polar surface area (TPSA) is 70.7 Å². The van der Waals surface area contributed by atoms with E-state index in [1.807, 2.05) is 31.2 Å². The maximum atomic E-state index is 12.4. The fourth-order valence-electron chi connectivity index (χ4n) is 3.35. The van der Waals surface area contributed by atoms with E-state index in [4.69, 9.17) is 4.74 Å². The predicted molar refractivity (Wildman–Crippen MR) is 110 cm³/mol. The van der Waals surface area contributed by atoms with Crippen LogP contribution in [-0.4, -0.2) is 49.5 Å². The molecule has 6 heteroatoms. The number of para-hydroxylation sites is 1. The summed E-state index contributed by atoms with van der Waals surface area (Å²) in [7, 11) is 1.60. The van der Waals surface area contributed by atoms with E-state index in [-0.39, 0.29) is 17.9 Å². The molecule has 0 bridgehead atoms. The zero-order valence-corrected chi connectivity index (χ0v) is 16.4. The van der Waals surface area contributed by atoms with E-state index in [0.29, 0.717) is 12.1 Å². The SMILES string of the molecule is COc1ccc(C(=O)NC2CCN(CC(=O)Nc3ccccc3C)CC2)cc1. The Labute approximate surface area is 165 Å². The first-order valence-electron chi connectivity index (χ1n) is 9.58. The first-order chi connectivity index (χ1) is 13.5. The Hall–Kier alpha value is -2.86. The minimum atomic E-state index is -0.0709. The summed E-state index contributed by atoms with van der Waals surface area (Å²) in [6.07, 6.45) is 1.67. The molecule has 1 aliphatic heterocycles. The maximum Gasteiger partial charge on any atom is 0.251 e. The Bertz CT molecular complexity index is 812. The summed E-state index contributed by atoms with van der Waals surface area (Å²) < 4.78 is 5.12. The van der Waals surface area contributed by atoms with Crippen molar-refractivity contribution < 1.29 is 14.3 Å². The van der Waals surface area contributed by atoms with Gasteiger partial charge in [0.15, 0.2) is 0 Å². The van der Waals surface area contributed by atoms with Crippen LogP contribution in [0.3, 0.4) is 0 Å². The number of ether oxygens (including phenoxy) is 1. The summed E-state index contributed by atoms with van der Waals surface area (Å²) >= 11 is 0. The van der Waals surface area contributed by atoms with E-state index >= 15 is 0 Å². The molecule has 28 heavy (non-hydrogen) atoms. The third-order valence-electron chi connectivity index (χ3n) is 5.06. The van der Waals surface area contributed by atoms with Crippen molar-refractivity contribution in [2.45, 2.75) is 25.8 Å². The van der Waals surface area contributed by atoms with Crippen LogP contribution in [0.2, 0.25) is 0 Å². The molecule has 6 nitrogen and oxygen atoms in total. The number of piperidine rings is 1. The molecule has 2 amide bonds. The van der Waals surface area contributed by atoms with Crippen LogP contribution < -0.4 is 15.4 Å². The monoisotopic (exact) mass is 381 g/mol. The Morgan fingerprint density at radius 2 is 1.75 bits per heavy atom. The summed E-state index contributed by atoms with van der Waals surface area (Å²) in [5.41, 5.74) is 2.53. The average Bonchev–Trinajstić information content (AvgIpc) is 2.71. The van der Waals surface area contributed by atoms with Crippen molar-refractivity contribution in [1.82, 2.24) is 10.2 Å². The summed E-state index contributed by atoms with van der Waals surface area (Å²) in [5.74, 6) is 0.655. The summed E-state index contributed by atoms with van der Waals surface area (Å²) in [5, 5.41) is 6.06. The van der Waals surface area contributed by atoms with Gasteiger partial charge < -0.3 is 15.4 Å². The second kappa shape index (κ2) is 9.37. The molecule has 1 saturated heterocycles. The number of aryl methyl sites for hydroxylation is 1. The normalized spacial score (nSPS) is 15.1. The molecule has 1 heterocycles. The lowest BCUT2D eigenvalue weighted by atomic mass is 10.0. The number of nitrogens with zero attached hydrogens (tertiary/aromatic N) is 1. The van der Waals surface area contributed by atoms with Gasteiger partial charge in [-0.2, -0.15) is 0 Å². The molecule has 2 aromatic carbocycles. The number of nitrogens with one attached hydrogen (secondary N) is 2. The Morgan fingerprint density at radius 3 is 2.39 bits per heavy atom. The molecule has 1 fully saturated rings. The first kappa shape index (κ1) is 19.9. The van der Waals surface area contributed by atoms with E-state index in [1.54, 1.807) is 31.4 Å². The summed E-state index contributed by atoms with van der Waals surface area (Å²) in [4.78, 5) is 26.8. The van der Waals surface area contributed by atoms with Crippen molar-refractivity contribution >= 4 is 17.5 Å². The molecular formula is C22H27N3O3. The molecule has 0 radical (unpaired) electrons. The van der Waals surface area contributed by atoms with Crippen molar-refractivity contribution in [3.8, 4) is 5.75 Å². The average molecular weight is 381 g/mol. The van der Waals surface area contributed by atoms with Crippen LogP contribution in [0.25, 0.3) is 0 Å². The molecule has 0 aromatic heterocycles. The van der Waals surface area contributed by atoms with Crippen LogP contribution in [0.15, 0.2) is 48.5 Å². The molecule has 0 saturated carbocycles. The number of hydrogen-bond acceptors (Lipinski definition) is 4. The second-order valence-electron chi connectivity index (χ2n) is 7.12. The maximum absolute atomic E-state index is 12.4. The first-order valence-corrected chi connectivity index (χ1v) is 9.58. The smallest absolute Gasteiger partial charge is 0.251 e. The highest BCUT2D eigenvalue weighted by Gasteiger charge is 2.22. The van der Waals surface area contributed by atoms with Crippen molar-refractivity contribution in [3.63, 3.8) is 0 Å². The van der Waals surface area contributed by atoms with E-state index in [1.165, 1.54) is 0 Å². The van der Waals surface area contributed by atoms with Crippen LogP contribution in [0.1, 0.15) is 28.8 Å². The Kier molecular flexibility index (Phi) is 6.66. The molecule has 0 atom stereocenters. The van der Waals surface area contributed by atoms with Crippen molar-refractivity contribution in [2.75, 3.05) is 32.1 Å². The number of carbonyl (C=O) groups is 2. The van der Waals surface area contributed by atoms with E-state index in [2.05, 4.69) is 15.5 Å². The van der Waals surface area contributed by atoms with Gasteiger partial charge >= 0.3 is 0 Å². The third kappa shape index (κ3) is 5.33. The fourth-order valence-corrected chi connectivity index (χ4v) is 3.35. The largest absolute Gasteiger partial charge is 0.497 e. The molecule has 1 aliphatic rings. The Morgan fingerprint density at radius 1 is 1.07 bits per heavy atom. The van der Waals surface area contributed by atoms with Crippen LogP contribution in [0.4, 0.5) is 5.69 Å².